The number of hydrogen-bond acceptors (Lipinski definition) is 2. The molecule has 0 amide bonds. The molecule has 0 unspecified atom stereocenters. The molecule has 104 valence electrons. The molecule has 0 radical (unpaired) electrons. The number of Topliss-reactive ketones (excluding diaryl/α,β-unsaturated/α-hetero) is 2. The predicted molar refractivity (Wildman–Crippen MR) is 75.1 cm³/mol. The SMILES string of the molecule is CC(=O)c1cc[n+](CC(=O)c2ccc(Br)cc2)cc1.[Br-]. The van der Waals surface area contributed by atoms with Crippen LogP contribution in [0.3, 0.4) is 0 Å². The van der Waals surface area contributed by atoms with E-state index in [-0.39, 0.29) is 35.1 Å². The van der Waals surface area contributed by atoms with Crippen molar-refractivity contribution in [2.24, 2.45) is 0 Å². The Balaban J connectivity index is 0.00000200. The second kappa shape index (κ2) is 7.45. The minimum Gasteiger partial charge on any atom is -1.00 e. The number of rotatable bonds is 4. The first-order valence-electron chi connectivity index (χ1n) is 5.85. The number of ketones is 2. The molecule has 1 heterocycles. The standard InChI is InChI=1S/C15H13BrNO2.BrH/c1-11(18)12-6-8-17(9-7-12)10-15(19)13-2-4-14(16)5-3-13;/h2-9H,10H2,1H3;1H/q+1;/p-1. The van der Waals surface area contributed by atoms with Crippen LogP contribution in [0.1, 0.15) is 27.6 Å². The molecule has 0 spiro atoms. The molecule has 0 atom stereocenters. The van der Waals surface area contributed by atoms with Crippen LogP contribution in [0, 0.1) is 0 Å². The Bertz CT molecular complexity index is 607. The van der Waals surface area contributed by atoms with Crippen LogP contribution >= 0.6 is 15.9 Å². The first-order valence-corrected chi connectivity index (χ1v) is 6.64. The number of halogens is 2. The highest BCUT2D eigenvalue weighted by atomic mass is 79.9. The van der Waals surface area contributed by atoms with Gasteiger partial charge in [-0.15, -0.1) is 0 Å². The quantitative estimate of drug-likeness (QED) is 0.529. The summed E-state index contributed by atoms with van der Waals surface area (Å²) in [5, 5.41) is 0. The monoisotopic (exact) mass is 397 g/mol. The highest BCUT2D eigenvalue weighted by Crippen LogP contribution is 2.10. The van der Waals surface area contributed by atoms with E-state index in [1.807, 2.05) is 12.1 Å². The van der Waals surface area contributed by atoms with E-state index in [9.17, 15) is 9.59 Å². The smallest absolute Gasteiger partial charge is 0.227 e. The van der Waals surface area contributed by atoms with E-state index in [0.29, 0.717) is 11.1 Å². The summed E-state index contributed by atoms with van der Waals surface area (Å²) < 4.78 is 2.71. The number of nitrogens with zero attached hydrogens (tertiary/aromatic N) is 1. The summed E-state index contributed by atoms with van der Waals surface area (Å²) in [7, 11) is 0. The van der Waals surface area contributed by atoms with E-state index >= 15 is 0 Å². The number of carbonyl (C=O) groups excluding carboxylic acids is 2. The van der Waals surface area contributed by atoms with Crippen molar-refractivity contribution in [3.8, 4) is 0 Å². The fraction of sp³-hybridized carbons (Fsp3) is 0.133. The summed E-state index contributed by atoms with van der Waals surface area (Å²) in [6.45, 7) is 1.78. The molecule has 0 saturated heterocycles. The van der Waals surface area contributed by atoms with Crippen LogP contribution in [0.2, 0.25) is 0 Å². The van der Waals surface area contributed by atoms with Gasteiger partial charge in [0, 0.05) is 27.7 Å². The van der Waals surface area contributed by atoms with Gasteiger partial charge in [0.1, 0.15) is 0 Å². The van der Waals surface area contributed by atoms with E-state index in [1.165, 1.54) is 6.92 Å². The lowest BCUT2D eigenvalue weighted by Crippen LogP contribution is -3.00. The zero-order chi connectivity index (χ0) is 13.8. The van der Waals surface area contributed by atoms with E-state index in [1.54, 1.807) is 41.2 Å². The summed E-state index contributed by atoms with van der Waals surface area (Å²) in [5.41, 5.74) is 1.32. The molecular weight excluding hydrogens is 386 g/mol. The summed E-state index contributed by atoms with van der Waals surface area (Å²) in [6, 6.07) is 10.7. The van der Waals surface area contributed by atoms with Crippen molar-refractivity contribution < 1.29 is 31.1 Å². The lowest BCUT2D eigenvalue weighted by molar-refractivity contribution is -0.683. The average Bonchev–Trinajstić information content (AvgIpc) is 2.40. The zero-order valence-electron chi connectivity index (χ0n) is 10.8. The van der Waals surface area contributed by atoms with Crippen molar-refractivity contribution in [3.05, 3.63) is 64.4 Å². The fourth-order valence-electron chi connectivity index (χ4n) is 1.69. The van der Waals surface area contributed by atoms with Gasteiger partial charge in [-0.25, -0.2) is 0 Å². The van der Waals surface area contributed by atoms with Crippen molar-refractivity contribution in [1.29, 1.82) is 0 Å². The van der Waals surface area contributed by atoms with E-state index < -0.39 is 0 Å². The normalized spacial score (nSPS) is 9.70. The highest BCUT2D eigenvalue weighted by molar-refractivity contribution is 9.10. The molecule has 1 aromatic carbocycles. The fourth-order valence-corrected chi connectivity index (χ4v) is 1.95. The maximum Gasteiger partial charge on any atom is 0.227 e. The van der Waals surface area contributed by atoms with Crippen LogP contribution in [-0.2, 0) is 6.54 Å². The molecule has 2 rings (SSSR count). The van der Waals surface area contributed by atoms with Crippen molar-refractivity contribution in [2.75, 3.05) is 0 Å². The number of benzene rings is 1. The largest absolute Gasteiger partial charge is 1.00 e. The van der Waals surface area contributed by atoms with Crippen LogP contribution in [0.5, 0.6) is 0 Å². The molecule has 2 aromatic rings. The van der Waals surface area contributed by atoms with Gasteiger partial charge >= 0.3 is 0 Å². The molecule has 3 nitrogen and oxygen atoms in total. The maximum atomic E-state index is 12.0. The molecule has 0 aliphatic heterocycles. The number of hydrogen-bond donors (Lipinski definition) is 0. The Kier molecular flexibility index (Phi) is 6.23. The van der Waals surface area contributed by atoms with E-state index in [2.05, 4.69) is 15.9 Å². The van der Waals surface area contributed by atoms with Gasteiger partial charge in [-0.1, -0.05) is 28.1 Å². The molecular formula is C15H13Br2NO2. The summed E-state index contributed by atoms with van der Waals surface area (Å²) >= 11 is 3.33. The van der Waals surface area contributed by atoms with Gasteiger partial charge in [0.25, 0.3) is 0 Å². The zero-order valence-corrected chi connectivity index (χ0v) is 14.0. The Morgan fingerprint density at radius 1 is 1.00 bits per heavy atom. The highest BCUT2D eigenvalue weighted by Gasteiger charge is 2.12. The van der Waals surface area contributed by atoms with Gasteiger partial charge in [0.05, 0.1) is 0 Å². The predicted octanol–water partition coefficient (Wildman–Crippen LogP) is -0.174. The number of aromatic nitrogens is 1. The lowest BCUT2D eigenvalue weighted by atomic mass is 10.1. The molecule has 20 heavy (non-hydrogen) atoms. The molecule has 0 aliphatic carbocycles. The third-order valence-electron chi connectivity index (χ3n) is 2.79. The molecule has 0 N–H and O–H groups in total. The number of carbonyl (C=O) groups is 2. The lowest BCUT2D eigenvalue weighted by Gasteiger charge is -1.99. The summed E-state index contributed by atoms with van der Waals surface area (Å²) in [4.78, 5) is 23.2. The van der Waals surface area contributed by atoms with Crippen LogP contribution in [0.15, 0.2) is 53.3 Å². The second-order valence-corrected chi connectivity index (χ2v) is 5.16. The van der Waals surface area contributed by atoms with Crippen LogP contribution < -0.4 is 21.5 Å². The molecule has 1 aromatic heterocycles. The third kappa shape index (κ3) is 4.35. The van der Waals surface area contributed by atoms with Crippen molar-refractivity contribution in [2.45, 2.75) is 13.5 Å². The molecule has 0 aliphatic rings. The molecule has 0 bridgehead atoms. The Morgan fingerprint density at radius 3 is 2.05 bits per heavy atom. The van der Waals surface area contributed by atoms with Gasteiger partial charge < -0.3 is 17.0 Å². The minimum absolute atomic E-state index is 0. The van der Waals surface area contributed by atoms with Gasteiger partial charge in [-0.3, -0.25) is 9.59 Å². The topological polar surface area (TPSA) is 38.0 Å². The van der Waals surface area contributed by atoms with Gasteiger partial charge in [0.2, 0.25) is 12.3 Å². The first kappa shape index (κ1) is 16.7. The van der Waals surface area contributed by atoms with Gasteiger partial charge in [-0.05, 0) is 19.1 Å². The second-order valence-electron chi connectivity index (χ2n) is 4.25. The van der Waals surface area contributed by atoms with Gasteiger partial charge in [-0.2, -0.15) is 4.57 Å². The van der Waals surface area contributed by atoms with Crippen LogP contribution in [-0.4, -0.2) is 11.6 Å². The van der Waals surface area contributed by atoms with E-state index in [4.69, 9.17) is 0 Å². The summed E-state index contributed by atoms with van der Waals surface area (Å²) in [5.74, 6) is 0.0551. The van der Waals surface area contributed by atoms with Crippen molar-refractivity contribution in [1.82, 2.24) is 0 Å². The molecule has 5 heteroatoms. The summed E-state index contributed by atoms with van der Waals surface area (Å²) in [6.07, 6.45) is 3.49. The van der Waals surface area contributed by atoms with Crippen LogP contribution in [0.25, 0.3) is 0 Å². The third-order valence-corrected chi connectivity index (χ3v) is 3.32. The minimum atomic E-state index is 0. The van der Waals surface area contributed by atoms with E-state index in [0.717, 1.165) is 4.47 Å². The van der Waals surface area contributed by atoms with Crippen LogP contribution in [0.4, 0.5) is 0 Å². The maximum absolute atomic E-state index is 12.0. The molecule has 0 fully saturated rings. The van der Waals surface area contributed by atoms with Gasteiger partial charge in [0.15, 0.2) is 18.2 Å². The van der Waals surface area contributed by atoms with Crippen molar-refractivity contribution >= 4 is 27.5 Å². The first-order chi connectivity index (χ1) is 9.06. The Morgan fingerprint density at radius 2 is 1.55 bits per heavy atom. The van der Waals surface area contributed by atoms with Crippen molar-refractivity contribution in [3.63, 3.8) is 0 Å². The Hall–Kier alpha value is -1.33. The molecule has 0 saturated carbocycles. The number of pyridine rings is 1. The Labute approximate surface area is 136 Å². The average molecular weight is 399 g/mol.